The van der Waals surface area contributed by atoms with Crippen LogP contribution in [-0.2, 0) is 12.7 Å². The van der Waals surface area contributed by atoms with Gasteiger partial charge in [0.25, 0.3) is 0 Å². The van der Waals surface area contributed by atoms with Crippen LogP contribution in [0.1, 0.15) is 31.9 Å². The van der Waals surface area contributed by atoms with Gasteiger partial charge in [-0.05, 0) is 38.5 Å². The first-order chi connectivity index (χ1) is 10.3. The van der Waals surface area contributed by atoms with E-state index < -0.39 is 11.7 Å². The molecule has 0 aromatic heterocycles. The van der Waals surface area contributed by atoms with Crippen molar-refractivity contribution in [3.63, 3.8) is 0 Å². The second-order valence-electron chi connectivity index (χ2n) is 5.02. The molecular weight excluding hydrogens is 422 g/mol. The monoisotopic (exact) mass is 445 g/mol. The maximum Gasteiger partial charge on any atom is 0.416 e. The number of hydrogen-bond acceptors (Lipinski definition) is 2. The summed E-state index contributed by atoms with van der Waals surface area (Å²) < 4.78 is 44.2. The van der Waals surface area contributed by atoms with Gasteiger partial charge in [0.2, 0.25) is 0 Å². The topological polar surface area (TPSA) is 45.7 Å². The van der Waals surface area contributed by atoms with Gasteiger partial charge in [0.15, 0.2) is 5.96 Å². The molecule has 0 fully saturated rings. The van der Waals surface area contributed by atoms with E-state index in [1.165, 1.54) is 19.2 Å². The Morgan fingerprint density at radius 1 is 1.30 bits per heavy atom. The van der Waals surface area contributed by atoms with E-state index in [1.807, 2.05) is 20.8 Å². The summed E-state index contributed by atoms with van der Waals surface area (Å²) in [6, 6.07) is 4.02. The summed E-state index contributed by atoms with van der Waals surface area (Å²) in [4.78, 5) is 4.21. The zero-order valence-electron chi connectivity index (χ0n) is 13.6. The Kier molecular flexibility index (Phi) is 9.33. The van der Waals surface area contributed by atoms with Crippen molar-refractivity contribution < 1.29 is 17.9 Å². The average molecular weight is 445 g/mol. The van der Waals surface area contributed by atoms with Crippen LogP contribution in [0.5, 0.6) is 5.75 Å². The third kappa shape index (κ3) is 7.28. The molecule has 132 valence electrons. The number of guanidine groups is 1. The summed E-state index contributed by atoms with van der Waals surface area (Å²) in [5, 5.41) is 6.06. The van der Waals surface area contributed by atoms with Crippen molar-refractivity contribution in [1.29, 1.82) is 0 Å². The van der Waals surface area contributed by atoms with E-state index in [0.29, 0.717) is 12.5 Å². The molecule has 1 aromatic rings. The van der Waals surface area contributed by atoms with Crippen LogP contribution in [0.25, 0.3) is 0 Å². The Bertz CT molecular complexity index is 519. The van der Waals surface area contributed by atoms with Crippen molar-refractivity contribution >= 4 is 29.9 Å². The van der Waals surface area contributed by atoms with E-state index in [4.69, 9.17) is 4.74 Å². The highest BCUT2D eigenvalue weighted by Gasteiger charge is 2.33. The van der Waals surface area contributed by atoms with Crippen LogP contribution in [0.4, 0.5) is 13.2 Å². The highest BCUT2D eigenvalue weighted by Crippen LogP contribution is 2.34. The molecule has 4 nitrogen and oxygen atoms in total. The van der Waals surface area contributed by atoms with E-state index in [-0.39, 0.29) is 47.9 Å². The third-order valence-corrected chi connectivity index (χ3v) is 2.80. The van der Waals surface area contributed by atoms with Crippen LogP contribution in [0.3, 0.4) is 0 Å². The first-order valence-corrected chi connectivity index (χ1v) is 7.06. The number of nitrogens with one attached hydrogen (secondary N) is 2. The maximum atomic E-state index is 13.1. The highest BCUT2D eigenvalue weighted by molar-refractivity contribution is 14.0. The van der Waals surface area contributed by atoms with Crippen molar-refractivity contribution in [3.8, 4) is 5.75 Å². The molecule has 0 aliphatic rings. The number of methoxy groups -OCH3 is 1. The standard InChI is InChI=1S/C15H22F3N3O.HI/c1-5-19-14(21-10(2)3)20-9-11-6-7-12(22-4)8-13(11)15(16,17)18;/h6-8,10H,5,9H2,1-4H3,(H2,19,20,21);1H. The number of aliphatic imine (C=N–C) groups is 1. The van der Waals surface area contributed by atoms with Gasteiger partial charge in [-0.25, -0.2) is 4.99 Å². The Hall–Kier alpha value is -1.19. The Labute approximate surface area is 151 Å². The van der Waals surface area contributed by atoms with E-state index in [0.717, 1.165) is 6.07 Å². The Balaban J connectivity index is 0.00000484. The van der Waals surface area contributed by atoms with Crippen LogP contribution in [-0.4, -0.2) is 25.7 Å². The van der Waals surface area contributed by atoms with Crippen molar-refractivity contribution in [2.75, 3.05) is 13.7 Å². The maximum absolute atomic E-state index is 13.1. The van der Waals surface area contributed by atoms with Crippen molar-refractivity contribution in [3.05, 3.63) is 29.3 Å². The minimum Gasteiger partial charge on any atom is -0.497 e. The van der Waals surface area contributed by atoms with Crippen LogP contribution < -0.4 is 15.4 Å². The fraction of sp³-hybridized carbons (Fsp3) is 0.533. The van der Waals surface area contributed by atoms with Gasteiger partial charge in [-0.2, -0.15) is 13.2 Å². The fourth-order valence-electron chi connectivity index (χ4n) is 1.84. The van der Waals surface area contributed by atoms with Gasteiger partial charge in [-0.15, -0.1) is 24.0 Å². The molecule has 0 amide bonds. The second-order valence-corrected chi connectivity index (χ2v) is 5.02. The van der Waals surface area contributed by atoms with Crippen LogP contribution in [0.15, 0.2) is 23.2 Å². The molecule has 0 spiro atoms. The van der Waals surface area contributed by atoms with E-state index in [2.05, 4.69) is 15.6 Å². The molecule has 0 radical (unpaired) electrons. The lowest BCUT2D eigenvalue weighted by molar-refractivity contribution is -0.138. The number of hydrogen-bond donors (Lipinski definition) is 2. The van der Waals surface area contributed by atoms with Gasteiger partial charge in [0.05, 0.1) is 19.2 Å². The minimum absolute atomic E-state index is 0. The smallest absolute Gasteiger partial charge is 0.416 e. The van der Waals surface area contributed by atoms with Crippen molar-refractivity contribution in [1.82, 2.24) is 10.6 Å². The molecule has 8 heteroatoms. The molecule has 2 N–H and O–H groups in total. The zero-order valence-corrected chi connectivity index (χ0v) is 16.0. The summed E-state index contributed by atoms with van der Waals surface area (Å²) in [6.07, 6.45) is -4.44. The van der Waals surface area contributed by atoms with E-state index in [1.54, 1.807) is 0 Å². The third-order valence-electron chi connectivity index (χ3n) is 2.80. The summed E-state index contributed by atoms with van der Waals surface area (Å²) in [6.45, 7) is 6.32. The molecular formula is C15H23F3IN3O. The predicted molar refractivity (Wildman–Crippen MR) is 96.5 cm³/mol. The molecule has 1 aromatic carbocycles. The molecule has 0 unspecified atom stereocenters. The van der Waals surface area contributed by atoms with Gasteiger partial charge in [-0.3, -0.25) is 0 Å². The SMILES string of the molecule is CCNC(=NCc1ccc(OC)cc1C(F)(F)F)NC(C)C.I. The van der Waals surface area contributed by atoms with Crippen LogP contribution in [0.2, 0.25) is 0 Å². The normalized spacial score (nSPS) is 11.9. The lowest BCUT2D eigenvalue weighted by Crippen LogP contribution is -2.41. The number of nitrogens with zero attached hydrogens (tertiary/aromatic N) is 1. The molecule has 0 bridgehead atoms. The first-order valence-electron chi connectivity index (χ1n) is 7.06. The summed E-state index contributed by atoms with van der Waals surface area (Å²) in [5.74, 6) is 0.661. The van der Waals surface area contributed by atoms with E-state index >= 15 is 0 Å². The number of benzene rings is 1. The molecule has 0 aliphatic carbocycles. The molecule has 0 aliphatic heterocycles. The van der Waals surface area contributed by atoms with Crippen LogP contribution in [0, 0.1) is 0 Å². The molecule has 0 saturated heterocycles. The van der Waals surface area contributed by atoms with Gasteiger partial charge < -0.3 is 15.4 Å². The predicted octanol–water partition coefficient (Wildman–Crippen LogP) is 3.80. The Morgan fingerprint density at radius 3 is 2.43 bits per heavy atom. The van der Waals surface area contributed by atoms with Gasteiger partial charge in [0, 0.05) is 12.6 Å². The Morgan fingerprint density at radius 2 is 1.96 bits per heavy atom. The number of halogens is 4. The lowest BCUT2D eigenvalue weighted by Gasteiger charge is -2.16. The van der Waals surface area contributed by atoms with Crippen molar-refractivity contribution in [2.24, 2.45) is 4.99 Å². The average Bonchev–Trinajstić information content (AvgIpc) is 2.43. The number of alkyl halides is 3. The number of ether oxygens (including phenoxy) is 1. The largest absolute Gasteiger partial charge is 0.497 e. The van der Waals surface area contributed by atoms with Gasteiger partial charge in [0.1, 0.15) is 5.75 Å². The quantitative estimate of drug-likeness (QED) is 0.412. The lowest BCUT2D eigenvalue weighted by atomic mass is 10.1. The van der Waals surface area contributed by atoms with Gasteiger partial charge >= 0.3 is 6.18 Å². The fourth-order valence-corrected chi connectivity index (χ4v) is 1.84. The molecule has 0 saturated carbocycles. The highest BCUT2D eigenvalue weighted by atomic mass is 127. The summed E-state index contributed by atoms with van der Waals surface area (Å²) >= 11 is 0. The molecule has 0 heterocycles. The molecule has 0 atom stereocenters. The molecule has 1 rings (SSSR count). The van der Waals surface area contributed by atoms with Crippen molar-refractivity contribution in [2.45, 2.75) is 39.5 Å². The number of rotatable bonds is 5. The minimum atomic E-state index is -4.44. The van der Waals surface area contributed by atoms with Gasteiger partial charge in [-0.1, -0.05) is 6.07 Å². The van der Waals surface area contributed by atoms with E-state index in [9.17, 15) is 13.2 Å². The zero-order chi connectivity index (χ0) is 16.8. The molecule has 23 heavy (non-hydrogen) atoms. The summed E-state index contributed by atoms with van der Waals surface area (Å²) in [5.41, 5.74) is -0.620. The van der Waals surface area contributed by atoms with Crippen LogP contribution >= 0.6 is 24.0 Å². The summed E-state index contributed by atoms with van der Waals surface area (Å²) in [7, 11) is 1.34. The first kappa shape index (κ1) is 21.8. The second kappa shape index (κ2) is 9.84.